The number of halogens is 1. The second-order valence-electron chi connectivity index (χ2n) is 8.54. The zero-order valence-corrected chi connectivity index (χ0v) is 19.6. The molecule has 2 N–H and O–H groups in total. The quantitative estimate of drug-likeness (QED) is 0.645. The number of likely N-dealkylation sites (N-methyl/N-ethyl adjacent to an activating group) is 1. The topological polar surface area (TPSA) is 64.7 Å². The van der Waals surface area contributed by atoms with E-state index in [1.54, 1.807) is 4.90 Å². The SMILES string of the molecule is CCCC1CN(C(=O)Nc2ccc(Br)cc2)[C@H]1C(=O)Nc1ccc2c(c1)CCN(C)C2. The van der Waals surface area contributed by atoms with Crippen molar-refractivity contribution >= 4 is 39.2 Å². The summed E-state index contributed by atoms with van der Waals surface area (Å²) in [4.78, 5) is 29.9. The number of carbonyl (C=O) groups excluding carboxylic acids is 2. The molecule has 0 saturated carbocycles. The number of amides is 3. The number of urea groups is 1. The molecule has 0 bridgehead atoms. The lowest BCUT2D eigenvalue weighted by Gasteiger charge is -2.46. The zero-order chi connectivity index (χ0) is 22.0. The molecular formula is C24H29BrN4O2. The van der Waals surface area contributed by atoms with Gasteiger partial charge in [-0.1, -0.05) is 35.3 Å². The van der Waals surface area contributed by atoms with Crippen molar-refractivity contribution in [2.45, 2.75) is 38.8 Å². The summed E-state index contributed by atoms with van der Waals surface area (Å²) in [5.41, 5.74) is 4.13. The summed E-state index contributed by atoms with van der Waals surface area (Å²) in [5, 5.41) is 5.98. The minimum atomic E-state index is -0.447. The Kier molecular flexibility index (Phi) is 6.62. The predicted octanol–water partition coefficient (Wildman–Crippen LogP) is 4.71. The third-order valence-electron chi connectivity index (χ3n) is 6.17. The molecule has 2 aromatic carbocycles. The first-order valence-electron chi connectivity index (χ1n) is 10.9. The van der Waals surface area contributed by atoms with Crippen LogP contribution in [0, 0.1) is 5.92 Å². The van der Waals surface area contributed by atoms with Crippen molar-refractivity contribution in [1.29, 1.82) is 0 Å². The van der Waals surface area contributed by atoms with Crippen LogP contribution in [-0.2, 0) is 17.8 Å². The van der Waals surface area contributed by atoms with Crippen LogP contribution >= 0.6 is 15.9 Å². The number of carbonyl (C=O) groups is 2. The molecule has 0 aromatic heterocycles. The smallest absolute Gasteiger partial charge is 0.322 e. The van der Waals surface area contributed by atoms with Crippen LogP contribution in [0.5, 0.6) is 0 Å². The Morgan fingerprint density at radius 3 is 2.55 bits per heavy atom. The van der Waals surface area contributed by atoms with E-state index in [0.29, 0.717) is 12.2 Å². The van der Waals surface area contributed by atoms with Gasteiger partial charge in [-0.25, -0.2) is 4.79 Å². The van der Waals surface area contributed by atoms with Crippen LogP contribution in [0.2, 0.25) is 0 Å². The molecule has 1 saturated heterocycles. The van der Waals surface area contributed by atoms with Gasteiger partial charge in [-0.2, -0.15) is 0 Å². The molecule has 1 fully saturated rings. The van der Waals surface area contributed by atoms with Crippen molar-refractivity contribution in [2.24, 2.45) is 5.92 Å². The van der Waals surface area contributed by atoms with Crippen molar-refractivity contribution in [1.82, 2.24) is 9.80 Å². The largest absolute Gasteiger partial charge is 0.324 e. The Bertz CT molecular complexity index is 963. The lowest BCUT2D eigenvalue weighted by molar-refractivity contribution is -0.127. The highest BCUT2D eigenvalue weighted by molar-refractivity contribution is 9.10. The van der Waals surface area contributed by atoms with Crippen LogP contribution in [0.15, 0.2) is 46.9 Å². The molecule has 4 rings (SSSR count). The van der Waals surface area contributed by atoms with Gasteiger partial charge in [0.2, 0.25) is 5.91 Å². The van der Waals surface area contributed by atoms with E-state index in [2.05, 4.69) is 57.6 Å². The molecule has 2 atom stereocenters. The third-order valence-corrected chi connectivity index (χ3v) is 6.70. The van der Waals surface area contributed by atoms with E-state index >= 15 is 0 Å². The van der Waals surface area contributed by atoms with Crippen molar-refractivity contribution in [3.8, 4) is 0 Å². The van der Waals surface area contributed by atoms with Crippen LogP contribution in [0.3, 0.4) is 0 Å². The molecule has 6 nitrogen and oxygen atoms in total. The average Bonchev–Trinajstić information content (AvgIpc) is 2.72. The van der Waals surface area contributed by atoms with Crippen LogP contribution in [0.4, 0.5) is 16.2 Å². The fraction of sp³-hybridized carbons (Fsp3) is 0.417. The molecule has 1 unspecified atom stereocenters. The van der Waals surface area contributed by atoms with Gasteiger partial charge in [0.25, 0.3) is 0 Å². The normalized spacial score (nSPS) is 20.5. The first kappa shape index (κ1) is 21.8. The fourth-order valence-corrected chi connectivity index (χ4v) is 4.75. The maximum atomic E-state index is 13.2. The summed E-state index contributed by atoms with van der Waals surface area (Å²) in [5.74, 6) is 0.0791. The zero-order valence-electron chi connectivity index (χ0n) is 18.0. The number of anilines is 2. The minimum absolute atomic E-state index is 0.108. The Labute approximate surface area is 192 Å². The first-order valence-corrected chi connectivity index (χ1v) is 11.7. The van der Waals surface area contributed by atoms with Crippen molar-refractivity contribution in [2.75, 3.05) is 30.8 Å². The molecule has 2 aliphatic rings. The van der Waals surface area contributed by atoms with Gasteiger partial charge in [0.1, 0.15) is 6.04 Å². The van der Waals surface area contributed by atoms with Crippen molar-refractivity contribution < 1.29 is 9.59 Å². The molecular weight excluding hydrogens is 456 g/mol. The highest BCUT2D eigenvalue weighted by atomic mass is 79.9. The molecule has 3 amide bonds. The Morgan fingerprint density at radius 1 is 1.06 bits per heavy atom. The van der Waals surface area contributed by atoms with E-state index in [-0.39, 0.29) is 17.9 Å². The van der Waals surface area contributed by atoms with Gasteiger partial charge in [0.05, 0.1) is 0 Å². The monoisotopic (exact) mass is 484 g/mol. The summed E-state index contributed by atoms with van der Waals surface area (Å²) < 4.78 is 0.950. The van der Waals surface area contributed by atoms with E-state index in [1.165, 1.54) is 11.1 Å². The maximum absolute atomic E-state index is 13.2. The Balaban J connectivity index is 1.44. The van der Waals surface area contributed by atoms with E-state index in [1.807, 2.05) is 30.3 Å². The summed E-state index contributed by atoms with van der Waals surface area (Å²) >= 11 is 3.40. The van der Waals surface area contributed by atoms with Crippen LogP contribution in [-0.4, -0.2) is 47.9 Å². The number of hydrogen-bond acceptors (Lipinski definition) is 3. The van der Waals surface area contributed by atoms with Crippen LogP contribution in [0.25, 0.3) is 0 Å². The van der Waals surface area contributed by atoms with Gasteiger partial charge in [-0.15, -0.1) is 0 Å². The summed E-state index contributed by atoms with van der Waals surface area (Å²) in [6.45, 7) is 4.68. The summed E-state index contributed by atoms with van der Waals surface area (Å²) in [7, 11) is 2.12. The summed E-state index contributed by atoms with van der Waals surface area (Å²) in [6.07, 6.45) is 2.90. The van der Waals surface area contributed by atoms with Gasteiger partial charge < -0.3 is 20.4 Å². The summed E-state index contributed by atoms with van der Waals surface area (Å²) in [6, 6.07) is 12.9. The van der Waals surface area contributed by atoms with Gasteiger partial charge in [0.15, 0.2) is 0 Å². The number of rotatable bonds is 5. The molecule has 2 aliphatic heterocycles. The number of nitrogens with one attached hydrogen (secondary N) is 2. The fourth-order valence-electron chi connectivity index (χ4n) is 4.48. The number of hydrogen-bond donors (Lipinski definition) is 2. The molecule has 164 valence electrons. The molecule has 7 heteroatoms. The number of fused-ring (bicyclic) bond motifs is 1. The van der Waals surface area contributed by atoms with E-state index in [4.69, 9.17) is 0 Å². The lowest BCUT2D eigenvalue weighted by atomic mass is 9.84. The lowest BCUT2D eigenvalue weighted by Crippen LogP contribution is -2.64. The average molecular weight is 485 g/mol. The standard InChI is InChI=1S/C24H29BrN4O2/c1-3-4-18-15-29(24(31)27-20-9-6-19(25)7-10-20)22(18)23(30)26-21-8-5-17-14-28(2)12-11-16(17)13-21/h5-10,13,18,22H,3-4,11-12,14-15H2,1-2H3,(H,26,30)(H,27,31)/t18?,22-/m1/s1. The number of likely N-dealkylation sites (tertiary alicyclic amines) is 1. The van der Waals surface area contributed by atoms with Gasteiger partial charge in [-0.05, 0) is 67.4 Å². The van der Waals surface area contributed by atoms with Crippen molar-refractivity contribution in [3.05, 3.63) is 58.1 Å². The molecule has 2 heterocycles. The highest BCUT2D eigenvalue weighted by Crippen LogP contribution is 2.31. The number of benzene rings is 2. The predicted molar refractivity (Wildman–Crippen MR) is 127 cm³/mol. The van der Waals surface area contributed by atoms with E-state index in [0.717, 1.165) is 42.5 Å². The van der Waals surface area contributed by atoms with Gasteiger partial charge in [-0.3, -0.25) is 4.79 Å². The molecule has 2 aromatic rings. The van der Waals surface area contributed by atoms with Gasteiger partial charge in [0, 0.05) is 41.4 Å². The van der Waals surface area contributed by atoms with Crippen LogP contribution in [0.1, 0.15) is 30.9 Å². The maximum Gasteiger partial charge on any atom is 0.322 e. The number of nitrogens with zero attached hydrogens (tertiary/aromatic N) is 2. The Hall–Kier alpha value is -2.38. The Morgan fingerprint density at radius 2 is 1.81 bits per heavy atom. The van der Waals surface area contributed by atoms with Crippen molar-refractivity contribution in [3.63, 3.8) is 0 Å². The molecule has 0 spiro atoms. The highest BCUT2D eigenvalue weighted by Gasteiger charge is 2.46. The molecule has 0 radical (unpaired) electrons. The molecule has 0 aliphatic carbocycles. The minimum Gasteiger partial charge on any atom is -0.324 e. The first-order chi connectivity index (χ1) is 14.9. The third kappa shape index (κ3) is 4.93. The van der Waals surface area contributed by atoms with E-state index < -0.39 is 6.04 Å². The van der Waals surface area contributed by atoms with Gasteiger partial charge >= 0.3 is 6.03 Å². The second-order valence-corrected chi connectivity index (χ2v) is 9.46. The van der Waals surface area contributed by atoms with Crippen LogP contribution < -0.4 is 10.6 Å². The second kappa shape index (κ2) is 9.40. The molecule has 31 heavy (non-hydrogen) atoms. The van der Waals surface area contributed by atoms with E-state index in [9.17, 15) is 9.59 Å².